The van der Waals surface area contributed by atoms with E-state index in [0.29, 0.717) is 13.1 Å². The molecule has 0 bridgehead atoms. The van der Waals surface area contributed by atoms with Crippen molar-refractivity contribution in [2.45, 2.75) is 57.3 Å². The second-order valence-corrected chi connectivity index (χ2v) is 7.20. The molecular weight excluding hydrogens is 316 g/mol. The number of aliphatic hydroxyl groups is 1. The zero-order chi connectivity index (χ0) is 17.6. The van der Waals surface area contributed by atoms with Gasteiger partial charge in [-0.25, -0.2) is 4.79 Å². The number of nitrogens with one attached hydrogen (secondary N) is 1. The normalized spacial score (nSPS) is 24.1. The SMILES string of the molecule is CCC(NC(=O)N1CCC(C(O)c2ccccc2)CC1)C1CCCO1. The van der Waals surface area contributed by atoms with Gasteiger partial charge in [0.05, 0.1) is 18.2 Å². The molecule has 3 atom stereocenters. The van der Waals surface area contributed by atoms with Crippen LogP contribution in [0.1, 0.15) is 50.7 Å². The number of likely N-dealkylation sites (tertiary alicyclic amines) is 1. The maximum absolute atomic E-state index is 12.6. The minimum absolute atomic E-state index is 0.00926. The predicted molar refractivity (Wildman–Crippen MR) is 97.3 cm³/mol. The predicted octanol–water partition coefficient (Wildman–Crippen LogP) is 3.10. The Labute approximate surface area is 150 Å². The molecule has 2 saturated heterocycles. The van der Waals surface area contributed by atoms with Crippen LogP contribution in [0.2, 0.25) is 0 Å². The molecule has 0 aromatic heterocycles. The summed E-state index contributed by atoms with van der Waals surface area (Å²) in [6, 6.07) is 9.92. The van der Waals surface area contributed by atoms with Crippen molar-refractivity contribution in [1.82, 2.24) is 10.2 Å². The lowest BCUT2D eigenvalue weighted by Gasteiger charge is -2.35. The fourth-order valence-corrected chi connectivity index (χ4v) is 3.97. The average molecular weight is 346 g/mol. The molecular formula is C20H30N2O3. The van der Waals surface area contributed by atoms with E-state index in [0.717, 1.165) is 44.3 Å². The van der Waals surface area contributed by atoms with E-state index in [4.69, 9.17) is 4.74 Å². The van der Waals surface area contributed by atoms with Crippen LogP contribution in [-0.2, 0) is 4.74 Å². The van der Waals surface area contributed by atoms with Crippen molar-refractivity contribution < 1.29 is 14.6 Å². The van der Waals surface area contributed by atoms with Gasteiger partial charge in [-0.05, 0) is 43.6 Å². The highest BCUT2D eigenvalue weighted by molar-refractivity contribution is 5.74. The first-order valence-electron chi connectivity index (χ1n) is 9.59. The Morgan fingerprint density at radius 2 is 2.00 bits per heavy atom. The van der Waals surface area contributed by atoms with E-state index in [9.17, 15) is 9.90 Å². The van der Waals surface area contributed by atoms with Crippen molar-refractivity contribution in [2.24, 2.45) is 5.92 Å². The molecule has 1 aromatic rings. The summed E-state index contributed by atoms with van der Waals surface area (Å²) in [5, 5.41) is 13.7. The molecule has 3 unspecified atom stereocenters. The summed E-state index contributed by atoms with van der Waals surface area (Å²) in [5.74, 6) is 0.214. The second-order valence-electron chi connectivity index (χ2n) is 7.20. The van der Waals surface area contributed by atoms with Crippen LogP contribution in [0.15, 0.2) is 30.3 Å². The Bertz CT molecular complexity index is 537. The minimum atomic E-state index is -0.443. The van der Waals surface area contributed by atoms with E-state index < -0.39 is 6.10 Å². The Morgan fingerprint density at radius 1 is 1.28 bits per heavy atom. The molecule has 2 N–H and O–H groups in total. The van der Waals surface area contributed by atoms with Crippen LogP contribution in [0.25, 0.3) is 0 Å². The molecule has 0 spiro atoms. The van der Waals surface area contributed by atoms with Gasteiger partial charge in [0.25, 0.3) is 0 Å². The van der Waals surface area contributed by atoms with Crippen molar-refractivity contribution in [2.75, 3.05) is 19.7 Å². The summed E-state index contributed by atoms with van der Waals surface area (Å²) < 4.78 is 5.73. The van der Waals surface area contributed by atoms with E-state index >= 15 is 0 Å². The van der Waals surface area contributed by atoms with E-state index in [1.807, 2.05) is 35.2 Å². The smallest absolute Gasteiger partial charge is 0.317 e. The van der Waals surface area contributed by atoms with Crippen LogP contribution < -0.4 is 5.32 Å². The van der Waals surface area contributed by atoms with Gasteiger partial charge < -0.3 is 20.1 Å². The van der Waals surface area contributed by atoms with Gasteiger partial charge in [-0.3, -0.25) is 0 Å². The third kappa shape index (κ3) is 4.53. The van der Waals surface area contributed by atoms with Gasteiger partial charge >= 0.3 is 6.03 Å². The highest BCUT2D eigenvalue weighted by Crippen LogP contribution is 2.30. The van der Waals surface area contributed by atoms with Gasteiger partial charge in [0.15, 0.2) is 0 Å². The number of nitrogens with zero attached hydrogens (tertiary/aromatic N) is 1. The maximum atomic E-state index is 12.6. The number of carbonyl (C=O) groups is 1. The van der Waals surface area contributed by atoms with Gasteiger partial charge in [-0.2, -0.15) is 0 Å². The second kappa shape index (κ2) is 8.68. The standard InChI is InChI=1S/C20H30N2O3/c1-2-17(18-9-6-14-25-18)21-20(24)22-12-10-16(11-13-22)19(23)15-7-4-3-5-8-15/h3-5,7-8,16-19,23H,2,6,9-14H2,1H3,(H,21,24). The summed E-state index contributed by atoms with van der Waals surface area (Å²) >= 11 is 0. The molecule has 1 aromatic carbocycles. The number of ether oxygens (including phenoxy) is 1. The third-order valence-corrected chi connectivity index (χ3v) is 5.58. The number of benzene rings is 1. The van der Waals surface area contributed by atoms with Gasteiger partial charge in [0.2, 0.25) is 0 Å². The number of rotatable bonds is 5. The van der Waals surface area contributed by atoms with Gasteiger partial charge in [-0.1, -0.05) is 37.3 Å². The van der Waals surface area contributed by atoms with Crippen LogP contribution in [0.5, 0.6) is 0 Å². The first-order chi connectivity index (χ1) is 12.2. The van der Waals surface area contributed by atoms with E-state index in [-0.39, 0.29) is 24.1 Å². The molecule has 5 nitrogen and oxygen atoms in total. The Balaban J connectivity index is 1.48. The highest BCUT2D eigenvalue weighted by atomic mass is 16.5. The summed E-state index contributed by atoms with van der Waals surface area (Å²) in [7, 11) is 0. The molecule has 2 aliphatic rings. The van der Waals surface area contributed by atoms with Crippen molar-refractivity contribution >= 4 is 6.03 Å². The molecule has 2 aliphatic heterocycles. The Hall–Kier alpha value is -1.59. The number of amides is 2. The van der Waals surface area contributed by atoms with Gasteiger partial charge in [0.1, 0.15) is 0 Å². The Kier molecular flexibility index (Phi) is 6.32. The fourth-order valence-electron chi connectivity index (χ4n) is 3.97. The lowest BCUT2D eigenvalue weighted by Crippen LogP contribution is -2.51. The number of hydrogen-bond acceptors (Lipinski definition) is 3. The molecule has 0 radical (unpaired) electrons. The lowest BCUT2D eigenvalue weighted by atomic mass is 9.87. The molecule has 3 rings (SSSR count). The monoisotopic (exact) mass is 346 g/mol. The lowest BCUT2D eigenvalue weighted by molar-refractivity contribution is 0.0597. The number of piperidine rings is 1. The number of carbonyl (C=O) groups excluding carboxylic acids is 1. The molecule has 5 heteroatoms. The van der Waals surface area contributed by atoms with Crippen LogP contribution in [0.4, 0.5) is 4.79 Å². The van der Waals surface area contributed by atoms with Gasteiger partial charge in [0, 0.05) is 19.7 Å². The van der Waals surface area contributed by atoms with Crippen molar-refractivity contribution in [3.05, 3.63) is 35.9 Å². The summed E-state index contributed by atoms with van der Waals surface area (Å²) in [6.45, 7) is 4.29. The zero-order valence-corrected chi connectivity index (χ0v) is 15.1. The van der Waals surface area contributed by atoms with Crippen LogP contribution >= 0.6 is 0 Å². The first-order valence-corrected chi connectivity index (χ1v) is 9.59. The molecule has 25 heavy (non-hydrogen) atoms. The average Bonchev–Trinajstić information content (AvgIpc) is 3.20. The topological polar surface area (TPSA) is 61.8 Å². The molecule has 0 saturated carbocycles. The molecule has 0 aliphatic carbocycles. The highest BCUT2D eigenvalue weighted by Gasteiger charge is 2.31. The van der Waals surface area contributed by atoms with Crippen LogP contribution in [0.3, 0.4) is 0 Å². The zero-order valence-electron chi connectivity index (χ0n) is 15.1. The summed E-state index contributed by atoms with van der Waals surface area (Å²) in [6.07, 6.45) is 4.39. The maximum Gasteiger partial charge on any atom is 0.317 e. The van der Waals surface area contributed by atoms with Crippen molar-refractivity contribution in [1.29, 1.82) is 0 Å². The number of aliphatic hydroxyl groups excluding tert-OH is 1. The van der Waals surface area contributed by atoms with Crippen LogP contribution in [0, 0.1) is 5.92 Å². The minimum Gasteiger partial charge on any atom is -0.388 e. The van der Waals surface area contributed by atoms with E-state index in [1.54, 1.807) is 0 Å². The van der Waals surface area contributed by atoms with E-state index in [1.165, 1.54) is 0 Å². The van der Waals surface area contributed by atoms with Crippen molar-refractivity contribution in [3.8, 4) is 0 Å². The van der Waals surface area contributed by atoms with Crippen LogP contribution in [-0.4, -0.2) is 47.9 Å². The Morgan fingerprint density at radius 3 is 2.60 bits per heavy atom. The molecule has 2 heterocycles. The number of urea groups is 1. The van der Waals surface area contributed by atoms with E-state index in [2.05, 4.69) is 12.2 Å². The molecule has 138 valence electrons. The van der Waals surface area contributed by atoms with Crippen molar-refractivity contribution in [3.63, 3.8) is 0 Å². The summed E-state index contributed by atoms with van der Waals surface area (Å²) in [4.78, 5) is 14.4. The molecule has 2 fully saturated rings. The fraction of sp³-hybridized carbons (Fsp3) is 0.650. The van der Waals surface area contributed by atoms with Gasteiger partial charge in [-0.15, -0.1) is 0 Å². The number of hydrogen-bond donors (Lipinski definition) is 2. The first kappa shape index (κ1) is 18.2. The molecule has 2 amide bonds. The largest absolute Gasteiger partial charge is 0.388 e. The summed E-state index contributed by atoms with van der Waals surface area (Å²) in [5.41, 5.74) is 0.967. The third-order valence-electron chi connectivity index (χ3n) is 5.58. The quantitative estimate of drug-likeness (QED) is 0.861.